The lowest BCUT2D eigenvalue weighted by molar-refractivity contribution is -0.0498. The second-order valence-electron chi connectivity index (χ2n) is 3.56. The minimum absolute atomic E-state index is 0.185. The predicted octanol–water partition coefficient (Wildman–Crippen LogP) is 3.89. The SMILES string of the molecule is CCC(CC)Nc1ccc(OC(F)F)cc1. The molecule has 0 unspecified atom stereocenters. The third-order valence-corrected chi connectivity index (χ3v) is 2.44. The molecule has 1 rings (SSSR count). The van der Waals surface area contributed by atoms with Gasteiger partial charge in [0.25, 0.3) is 0 Å². The molecular formula is C12H17F2NO. The standard InChI is InChI=1S/C12H17F2NO/c1-3-9(4-2)15-10-5-7-11(8-6-10)16-12(13)14/h5-9,12,15H,3-4H2,1-2H3. The Morgan fingerprint density at radius 1 is 1.12 bits per heavy atom. The predicted molar refractivity (Wildman–Crippen MR) is 61.1 cm³/mol. The van der Waals surface area contributed by atoms with Crippen LogP contribution < -0.4 is 10.1 Å². The Labute approximate surface area is 94.6 Å². The van der Waals surface area contributed by atoms with E-state index in [-0.39, 0.29) is 5.75 Å². The second-order valence-corrected chi connectivity index (χ2v) is 3.56. The first-order valence-corrected chi connectivity index (χ1v) is 5.47. The number of hydrogen-bond acceptors (Lipinski definition) is 2. The summed E-state index contributed by atoms with van der Waals surface area (Å²) in [7, 11) is 0. The molecule has 0 aliphatic rings. The molecule has 1 aromatic rings. The highest BCUT2D eigenvalue weighted by molar-refractivity contribution is 5.47. The number of benzene rings is 1. The molecule has 90 valence electrons. The number of rotatable bonds is 6. The Morgan fingerprint density at radius 2 is 1.69 bits per heavy atom. The monoisotopic (exact) mass is 229 g/mol. The van der Waals surface area contributed by atoms with E-state index in [1.807, 2.05) is 0 Å². The van der Waals surface area contributed by atoms with Crippen molar-refractivity contribution in [3.05, 3.63) is 24.3 Å². The van der Waals surface area contributed by atoms with E-state index in [2.05, 4.69) is 23.9 Å². The van der Waals surface area contributed by atoms with Gasteiger partial charge in [-0.15, -0.1) is 0 Å². The molecule has 0 amide bonds. The molecule has 0 saturated carbocycles. The molecule has 4 heteroatoms. The molecule has 0 fully saturated rings. The van der Waals surface area contributed by atoms with E-state index in [0.29, 0.717) is 6.04 Å². The van der Waals surface area contributed by atoms with Gasteiger partial charge in [0, 0.05) is 11.7 Å². The summed E-state index contributed by atoms with van der Waals surface area (Å²) >= 11 is 0. The minimum Gasteiger partial charge on any atom is -0.435 e. The van der Waals surface area contributed by atoms with Gasteiger partial charge < -0.3 is 10.1 Å². The molecule has 16 heavy (non-hydrogen) atoms. The van der Waals surface area contributed by atoms with Gasteiger partial charge in [0.15, 0.2) is 0 Å². The van der Waals surface area contributed by atoms with E-state index >= 15 is 0 Å². The quantitative estimate of drug-likeness (QED) is 0.799. The van der Waals surface area contributed by atoms with Crippen molar-refractivity contribution < 1.29 is 13.5 Å². The van der Waals surface area contributed by atoms with Crippen LogP contribution >= 0.6 is 0 Å². The van der Waals surface area contributed by atoms with Gasteiger partial charge in [0.2, 0.25) is 0 Å². The van der Waals surface area contributed by atoms with Crippen molar-refractivity contribution in [2.24, 2.45) is 0 Å². The van der Waals surface area contributed by atoms with E-state index in [0.717, 1.165) is 18.5 Å². The number of nitrogens with one attached hydrogen (secondary N) is 1. The van der Waals surface area contributed by atoms with Crippen molar-refractivity contribution in [2.75, 3.05) is 5.32 Å². The number of ether oxygens (including phenoxy) is 1. The molecule has 0 saturated heterocycles. The fraction of sp³-hybridized carbons (Fsp3) is 0.500. The maximum absolute atomic E-state index is 11.9. The Balaban J connectivity index is 2.57. The lowest BCUT2D eigenvalue weighted by atomic mass is 10.1. The van der Waals surface area contributed by atoms with Gasteiger partial charge in [-0.05, 0) is 37.1 Å². The molecule has 0 bridgehead atoms. The van der Waals surface area contributed by atoms with Crippen molar-refractivity contribution >= 4 is 5.69 Å². The van der Waals surface area contributed by atoms with E-state index < -0.39 is 6.61 Å². The van der Waals surface area contributed by atoms with Gasteiger partial charge in [0.05, 0.1) is 0 Å². The summed E-state index contributed by atoms with van der Waals surface area (Å²) in [4.78, 5) is 0. The lowest BCUT2D eigenvalue weighted by Gasteiger charge is -2.16. The summed E-state index contributed by atoms with van der Waals surface area (Å²) in [5.41, 5.74) is 0.926. The van der Waals surface area contributed by atoms with Crippen LogP contribution in [-0.2, 0) is 0 Å². The third-order valence-electron chi connectivity index (χ3n) is 2.44. The lowest BCUT2D eigenvalue weighted by Crippen LogP contribution is -2.16. The fourth-order valence-corrected chi connectivity index (χ4v) is 1.46. The third kappa shape index (κ3) is 4.04. The van der Waals surface area contributed by atoms with Gasteiger partial charge in [0.1, 0.15) is 5.75 Å². The second kappa shape index (κ2) is 6.30. The summed E-state index contributed by atoms with van der Waals surface area (Å²) < 4.78 is 28.1. The average molecular weight is 229 g/mol. The fourth-order valence-electron chi connectivity index (χ4n) is 1.46. The topological polar surface area (TPSA) is 21.3 Å². The molecule has 0 spiro atoms. The number of halogens is 2. The molecule has 0 aliphatic heterocycles. The zero-order valence-electron chi connectivity index (χ0n) is 9.54. The van der Waals surface area contributed by atoms with Crippen molar-refractivity contribution in [3.63, 3.8) is 0 Å². The van der Waals surface area contributed by atoms with Crippen LogP contribution in [0.4, 0.5) is 14.5 Å². The molecule has 0 aliphatic carbocycles. The first-order chi connectivity index (χ1) is 7.65. The van der Waals surface area contributed by atoms with Crippen LogP contribution in [0.1, 0.15) is 26.7 Å². The maximum Gasteiger partial charge on any atom is 0.387 e. The molecular weight excluding hydrogens is 212 g/mol. The normalized spacial score (nSPS) is 10.9. The van der Waals surface area contributed by atoms with Crippen LogP contribution in [0.25, 0.3) is 0 Å². The molecule has 1 aromatic carbocycles. The van der Waals surface area contributed by atoms with Crippen LogP contribution in [0.3, 0.4) is 0 Å². The number of alkyl halides is 2. The van der Waals surface area contributed by atoms with Crippen LogP contribution in [0.2, 0.25) is 0 Å². The van der Waals surface area contributed by atoms with Crippen LogP contribution in [0.15, 0.2) is 24.3 Å². The first kappa shape index (κ1) is 12.7. The maximum atomic E-state index is 11.9. The van der Waals surface area contributed by atoms with E-state index in [1.165, 1.54) is 12.1 Å². The summed E-state index contributed by atoms with van der Waals surface area (Å²) in [6.45, 7) is 1.45. The number of anilines is 1. The highest BCUT2D eigenvalue weighted by Crippen LogP contribution is 2.19. The number of hydrogen-bond donors (Lipinski definition) is 1. The first-order valence-electron chi connectivity index (χ1n) is 5.47. The summed E-state index contributed by atoms with van der Waals surface area (Å²) in [6.07, 6.45) is 2.07. The van der Waals surface area contributed by atoms with Crippen molar-refractivity contribution in [1.82, 2.24) is 0 Å². The van der Waals surface area contributed by atoms with Gasteiger partial charge in [-0.3, -0.25) is 0 Å². The largest absolute Gasteiger partial charge is 0.435 e. The highest BCUT2D eigenvalue weighted by atomic mass is 19.3. The van der Waals surface area contributed by atoms with Crippen LogP contribution in [-0.4, -0.2) is 12.7 Å². The van der Waals surface area contributed by atoms with Crippen molar-refractivity contribution in [1.29, 1.82) is 0 Å². The van der Waals surface area contributed by atoms with Crippen molar-refractivity contribution in [2.45, 2.75) is 39.3 Å². The molecule has 0 aromatic heterocycles. The molecule has 0 atom stereocenters. The highest BCUT2D eigenvalue weighted by Gasteiger charge is 2.05. The van der Waals surface area contributed by atoms with Crippen molar-refractivity contribution in [3.8, 4) is 5.75 Å². The summed E-state index contributed by atoms with van der Waals surface area (Å²) in [6, 6.07) is 6.99. The Hall–Kier alpha value is -1.32. The molecule has 1 N–H and O–H groups in total. The molecule has 0 heterocycles. The van der Waals surface area contributed by atoms with Gasteiger partial charge in [-0.2, -0.15) is 8.78 Å². The Kier molecular flexibility index (Phi) is 5.02. The Morgan fingerprint density at radius 3 is 2.12 bits per heavy atom. The Bertz CT molecular complexity index is 296. The van der Waals surface area contributed by atoms with Gasteiger partial charge in [-0.1, -0.05) is 13.8 Å². The average Bonchev–Trinajstić information content (AvgIpc) is 2.27. The van der Waals surface area contributed by atoms with E-state index in [9.17, 15) is 8.78 Å². The minimum atomic E-state index is -2.77. The van der Waals surface area contributed by atoms with Gasteiger partial charge >= 0.3 is 6.61 Å². The summed E-state index contributed by atoms with van der Waals surface area (Å²) in [5.74, 6) is 0.185. The molecule has 0 radical (unpaired) electrons. The van der Waals surface area contributed by atoms with Crippen LogP contribution in [0, 0.1) is 0 Å². The zero-order valence-corrected chi connectivity index (χ0v) is 9.54. The molecule has 2 nitrogen and oxygen atoms in total. The smallest absolute Gasteiger partial charge is 0.387 e. The van der Waals surface area contributed by atoms with E-state index in [4.69, 9.17) is 0 Å². The van der Waals surface area contributed by atoms with E-state index in [1.54, 1.807) is 12.1 Å². The zero-order chi connectivity index (χ0) is 12.0. The summed E-state index contributed by atoms with van der Waals surface area (Å²) in [5, 5.41) is 3.32. The van der Waals surface area contributed by atoms with Gasteiger partial charge in [-0.25, -0.2) is 0 Å². The van der Waals surface area contributed by atoms with Crippen LogP contribution in [0.5, 0.6) is 5.75 Å².